The van der Waals surface area contributed by atoms with Crippen LogP contribution >= 0.6 is 11.6 Å². The van der Waals surface area contributed by atoms with Crippen molar-refractivity contribution in [2.75, 3.05) is 12.4 Å². The average molecular weight is 256 g/mol. The van der Waals surface area contributed by atoms with Gasteiger partial charge in [-0.05, 0) is 18.8 Å². The number of rotatable bonds is 4. The van der Waals surface area contributed by atoms with Gasteiger partial charge in [0.05, 0.1) is 0 Å². The quantitative estimate of drug-likeness (QED) is 0.841. The second kappa shape index (κ2) is 5.65. The maximum absolute atomic E-state index is 5.96. The van der Waals surface area contributed by atoms with Gasteiger partial charge in [0.2, 0.25) is 0 Å². The predicted molar refractivity (Wildman–Crippen MR) is 68.2 cm³/mol. The lowest BCUT2D eigenvalue weighted by atomic mass is 10.1. The minimum Gasteiger partial charge on any atom is -0.377 e. The topological polar surface area (TPSA) is 47.0 Å². The molecule has 2 unspecified atom stereocenters. The highest BCUT2D eigenvalue weighted by atomic mass is 35.5. The maximum atomic E-state index is 5.96. The lowest BCUT2D eigenvalue weighted by molar-refractivity contribution is 0.178. The van der Waals surface area contributed by atoms with E-state index in [0.29, 0.717) is 29.5 Å². The molecular formula is C12H18ClN3O. The Labute approximate surface area is 107 Å². The number of methoxy groups -OCH3 is 1. The van der Waals surface area contributed by atoms with E-state index in [1.165, 1.54) is 19.3 Å². The van der Waals surface area contributed by atoms with Gasteiger partial charge in [-0.25, -0.2) is 9.97 Å². The smallest absolute Gasteiger partial charge is 0.158 e. The lowest BCUT2D eigenvalue weighted by Crippen LogP contribution is -2.22. The van der Waals surface area contributed by atoms with Crippen molar-refractivity contribution < 1.29 is 4.74 Å². The summed E-state index contributed by atoms with van der Waals surface area (Å²) in [5.74, 6) is 2.11. The van der Waals surface area contributed by atoms with Crippen molar-refractivity contribution in [1.82, 2.24) is 9.97 Å². The van der Waals surface area contributed by atoms with E-state index in [9.17, 15) is 0 Å². The van der Waals surface area contributed by atoms with E-state index in [1.807, 2.05) is 0 Å². The molecule has 0 aromatic carbocycles. The summed E-state index contributed by atoms with van der Waals surface area (Å²) in [4.78, 5) is 8.50. The molecule has 1 aromatic rings. The Balaban J connectivity index is 2.09. The first-order valence-electron chi connectivity index (χ1n) is 5.98. The van der Waals surface area contributed by atoms with Crippen molar-refractivity contribution >= 4 is 17.4 Å². The largest absolute Gasteiger partial charge is 0.377 e. The second-order valence-electron chi connectivity index (χ2n) is 4.58. The van der Waals surface area contributed by atoms with Crippen molar-refractivity contribution in [3.8, 4) is 0 Å². The van der Waals surface area contributed by atoms with Crippen LogP contribution in [0, 0.1) is 5.92 Å². The number of nitrogens with zero attached hydrogens (tertiary/aromatic N) is 2. The Morgan fingerprint density at radius 3 is 2.94 bits per heavy atom. The monoisotopic (exact) mass is 255 g/mol. The molecule has 1 heterocycles. The zero-order valence-electron chi connectivity index (χ0n) is 10.2. The number of ether oxygens (including phenoxy) is 1. The van der Waals surface area contributed by atoms with Crippen LogP contribution in [0.25, 0.3) is 0 Å². The van der Waals surface area contributed by atoms with E-state index >= 15 is 0 Å². The normalized spacial score (nSPS) is 23.9. The van der Waals surface area contributed by atoms with Gasteiger partial charge >= 0.3 is 0 Å². The average Bonchev–Trinajstić information content (AvgIpc) is 2.64. The molecule has 0 spiro atoms. The van der Waals surface area contributed by atoms with Gasteiger partial charge in [-0.3, -0.25) is 0 Å². The maximum Gasteiger partial charge on any atom is 0.158 e. The van der Waals surface area contributed by atoms with Crippen LogP contribution in [0.4, 0.5) is 5.82 Å². The summed E-state index contributed by atoms with van der Waals surface area (Å²) in [7, 11) is 1.62. The van der Waals surface area contributed by atoms with E-state index < -0.39 is 0 Å². The van der Waals surface area contributed by atoms with Crippen molar-refractivity contribution in [1.29, 1.82) is 0 Å². The van der Waals surface area contributed by atoms with E-state index in [4.69, 9.17) is 16.3 Å². The molecule has 0 bridgehead atoms. The summed E-state index contributed by atoms with van der Waals surface area (Å²) in [5, 5.41) is 3.90. The lowest BCUT2D eigenvalue weighted by Gasteiger charge is -2.18. The molecule has 1 aliphatic carbocycles. The first-order valence-corrected chi connectivity index (χ1v) is 6.36. The minimum absolute atomic E-state index is 0.384. The summed E-state index contributed by atoms with van der Waals surface area (Å²) in [6, 6.07) is 2.27. The van der Waals surface area contributed by atoms with Gasteiger partial charge in [-0.15, -0.1) is 0 Å². The molecule has 1 aromatic heterocycles. The Morgan fingerprint density at radius 1 is 1.47 bits per heavy atom. The van der Waals surface area contributed by atoms with E-state index in [1.54, 1.807) is 13.2 Å². The second-order valence-corrected chi connectivity index (χ2v) is 4.97. The SMILES string of the molecule is COCc1nc(Cl)cc(NC2CCCC2C)n1. The molecule has 0 aliphatic heterocycles. The molecule has 0 amide bonds. The summed E-state index contributed by atoms with van der Waals surface area (Å²) < 4.78 is 5.02. The summed E-state index contributed by atoms with van der Waals surface area (Å²) >= 11 is 5.96. The Bertz CT molecular complexity index is 386. The fourth-order valence-electron chi connectivity index (χ4n) is 2.28. The fourth-order valence-corrected chi connectivity index (χ4v) is 2.48. The fraction of sp³-hybridized carbons (Fsp3) is 0.667. The van der Waals surface area contributed by atoms with Gasteiger partial charge in [-0.2, -0.15) is 0 Å². The van der Waals surface area contributed by atoms with Gasteiger partial charge in [0.15, 0.2) is 5.82 Å². The van der Waals surface area contributed by atoms with Crippen LogP contribution < -0.4 is 5.32 Å². The standard InChI is InChI=1S/C12H18ClN3O/c1-8-4-3-5-9(8)14-11-6-10(13)15-12(16-11)7-17-2/h6,8-9H,3-5,7H2,1-2H3,(H,14,15,16). The van der Waals surface area contributed by atoms with Crippen LogP contribution in [-0.4, -0.2) is 23.1 Å². The summed E-state index contributed by atoms with van der Waals surface area (Å²) in [6.45, 7) is 2.65. The molecule has 1 aliphatic rings. The first kappa shape index (κ1) is 12.6. The first-order chi connectivity index (χ1) is 8.19. The molecule has 1 fully saturated rings. The Morgan fingerprint density at radius 2 is 2.29 bits per heavy atom. The summed E-state index contributed by atoms with van der Waals surface area (Å²) in [5.41, 5.74) is 0. The number of anilines is 1. The van der Waals surface area contributed by atoms with Crippen LogP contribution in [0.1, 0.15) is 32.0 Å². The third-order valence-corrected chi connectivity index (χ3v) is 3.40. The molecule has 5 heteroatoms. The van der Waals surface area contributed by atoms with E-state index in [-0.39, 0.29) is 0 Å². The third-order valence-electron chi connectivity index (χ3n) is 3.21. The molecule has 0 radical (unpaired) electrons. The van der Waals surface area contributed by atoms with Gasteiger partial charge in [0, 0.05) is 19.2 Å². The van der Waals surface area contributed by atoms with E-state index in [2.05, 4.69) is 22.2 Å². The predicted octanol–water partition coefficient (Wildman–Crippen LogP) is 2.88. The zero-order valence-corrected chi connectivity index (χ0v) is 11.0. The number of nitrogens with one attached hydrogen (secondary N) is 1. The van der Waals surface area contributed by atoms with Crippen LogP contribution in [-0.2, 0) is 11.3 Å². The van der Waals surface area contributed by atoms with Gasteiger partial charge in [0.1, 0.15) is 17.6 Å². The highest BCUT2D eigenvalue weighted by molar-refractivity contribution is 6.29. The van der Waals surface area contributed by atoms with Crippen LogP contribution in [0.3, 0.4) is 0 Å². The van der Waals surface area contributed by atoms with Crippen LogP contribution in [0.2, 0.25) is 5.15 Å². The molecule has 4 nitrogen and oxygen atoms in total. The Kier molecular flexibility index (Phi) is 4.18. The molecule has 94 valence electrons. The number of halogens is 1. The molecule has 2 rings (SSSR count). The van der Waals surface area contributed by atoms with Gasteiger partial charge in [0.25, 0.3) is 0 Å². The number of hydrogen-bond acceptors (Lipinski definition) is 4. The summed E-state index contributed by atoms with van der Waals surface area (Å²) in [6.07, 6.45) is 3.76. The molecule has 0 saturated heterocycles. The zero-order chi connectivity index (χ0) is 12.3. The van der Waals surface area contributed by atoms with Gasteiger partial charge in [-0.1, -0.05) is 24.9 Å². The van der Waals surface area contributed by atoms with Crippen LogP contribution in [0.15, 0.2) is 6.07 Å². The highest BCUT2D eigenvalue weighted by Crippen LogP contribution is 2.27. The van der Waals surface area contributed by atoms with Crippen molar-refractivity contribution in [3.63, 3.8) is 0 Å². The Hall–Kier alpha value is -0.870. The molecule has 1 N–H and O–H groups in total. The third kappa shape index (κ3) is 3.30. The molecule has 2 atom stereocenters. The van der Waals surface area contributed by atoms with Crippen molar-refractivity contribution in [2.45, 2.75) is 38.8 Å². The van der Waals surface area contributed by atoms with Crippen LogP contribution in [0.5, 0.6) is 0 Å². The molecule has 17 heavy (non-hydrogen) atoms. The van der Waals surface area contributed by atoms with Crippen molar-refractivity contribution in [2.24, 2.45) is 5.92 Å². The molecular weight excluding hydrogens is 238 g/mol. The minimum atomic E-state index is 0.384. The number of aromatic nitrogens is 2. The van der Waals surface area contributed by atoms with E-state index in [0.717, 1.165) is 5.82 Å². The van der Waals surface area contributed by atoms with Crippen molar-refractivity contribution in [3.05, 3.63) is 17.0 Å². The van der Waals surface area contributed by atoms with Gasteiger partial charge < -0.3 is 10.1 Å². The highest BCUT2D eigenvalue weighted by Gasteiger charge is 2.23. The molecule has 1 saturated carbocycles. The number of hydrogen-bond donors (Lipinski definition) is 1.